The van der Waals surface area contributed by atoms with E-state index in [0.717, 1.165) is 32.5 Å². The van der Waals surface area contributed by atoms with Crippen molar-refractivity contribution in [1.82, 2.24) is 10.2 Å². The predicted molar refractivity (Wildman–Crippen MR) is 87.0 cm³/mol. The van der Waals surface area contributed by atoms with Crippen LogP contribution in [0.2, 0.25) is 0 Å². The van der Waals surface area contributed by atoms with Gasteiger partial charge in [-0.25, -0.2) is 0 Å². The lowest BCUT2D eigenvalue weighted by molar-refractivity contribution is 0.0338. The van der Waals surface area contributed by atoms with Crippen LogP contribution in [0.5, 0.6) is 0 Å². The molecule has 3 atom stereocenters. The normalized spacial score (nSPS) is 26.7. The first-order valence-electron chi connectivity index (χ1n) is 8.49. The van der Waals surface area contributed by atoms with Crippen LogP contribution in [0.1, 0.15) is 60.3 Å². The summed E-state index contributed by atoms with van der Waals surface area (Å²) in [6, 6.07) is 0.533. The molecule has 3 unspecified atom stereocenters. The second kappa shape index (κ2) is 8.35. The topological polar surface area (TPSA) is 35.5 Å². The zero-order valence-corrected chi connectivity index (χ0v) is 14.3. The van der Waals surface area contributed by atoms with Crippen LogP contribution < -0.4 is 5.32 Å². The molecule has 0 amide bonds. The van der Waals surface area contributed by atoms with Crippen molar-refractivity contribution in [2.45, 2.75) is 72.4 Å². The van der Waals surface area contributed by atoms with Crippen LogP contribution in [-0.2, 0) is 0 Å². The van der Waals surface area contributed by atoms with E-state index in [1.54, 1.807) is 0 Å². The Morgan fingerprint density at radius 2 is 1.95 bits per heavy atom. The third-order valence-electron chi connectivity index (χ3n) is 4.27. The molecule has 1 heterocycles. The summed E-state index contributed by atoms with van der Waals surface area (Å²) in [5.41, 5.74) is 0.324. The summed E-state index contributed by atoms with van der Waals surface area (Å²) in [6.45, 7) is 15.6. The van der Waals surface area contributed by atoms with Crippen molar-refractivity contribution in [3.05, 3.63) is 0 Å². The first-order chi connectivity index (χ1) is 9.35. The summed E-state index contributed by atoms with van der Waals surface area (Å²) in [7, 11) is 0. The van der Waals surface area contributed by atoms with Gasteiger partial charge in [0.05, 0.1) is 6.10 Å². The predicted octanol–water partition coefficient (Wildman–Crippen LogP) is 2.88. The SMILES string of the molecule is CCCCN1CC(NCC(C)(C)C)CC(C(O)CC)C1. The molecule has 0 radical (unpaired) electrons. The average molecular weight is 284 g/mol. The Morgan fingerprint density at radius 3 is 2.50 bits per heavy atom. The summed E-state index contributed by atoms with van der Waals surface area (Å²) in [6.07, 6.45) is 4.36. The number of piperidine rings is 1. The first kappa shape index (κ1) is 17.9. The zero-order chi connectivity index (χ0) is 15.2. The van der Waals surface area contributed by atoms with Crippen LogP contribution >= 0.6 is 0 Å². The second-order valence-electron chi connectivity index (χ2n) is 7.72. The average Bonchev–Trinajstić information content (AvgIpc) is 2.41. The molecule has 1 aliphatic heterocycles. The summed E-state index contributed by atoms with van der Waals surface area (Å²) in [5, 5.41) is 13.9. The molecule has 1 saturated heterocycles. The molecule has 20 heavy (non-hydrogen) atoms. The minimum atomic E-state index is -0.140. The number of aliphatic hydroxyl groups excluding tert-OH is 1. The van der Waals surface area contributed by atoms with Gasteiger partial charge < -0.3 is 15.3 Å². The molecular formula is C17H36N2O. The minimum Gasteiger partial charge on any atom is -0.393 e. The van der Waals surface area contributed by atoms with E-state index in [1.165, 1.54) is 19.4 Å². The van der Waals surface area contributed by atoms with Crippen LogP contribution in [0.25, 0.3) is 0 Å². The Kier molecular flexibility index (Phi) is 7.49. The molecule has 1 fully saturated rings. The van der Waals surface area contributed by atoms with Gasteiger partial charge in [-0.1, -0.05) is 41.0 Å². The molecule has 0 aromatic heterocycles. The molecule has 0 bridgehead atoms. The quantitative estimate of drug-likeness (QED) is 0.754. The van der Waals surface area contributed by atoms with E-state index >= 15 is 0 Å². The van der Waals surface area contributed by atoms with Crippen LogP contribution in [0, 0.1) is 11.3 Å². The number of aliphatic hydroxyl groups is 1. The van der Waals surface area contributed by atoms with Crippen molar-refractivity contribution in [3.63, 3.8) is 0 Å². The molecule has 3 heteroatoms. The van der Waals surface area contributed by atoms with Crippen LogP contribution in [0.3, 0.4) is 0 Å². The van der Waals surface area contributed by atoms with Gasteiger partial charge in [0.1, 0.15) is 0 Å². The van der Waals surface area contributed by atoms with Gasteiger partial charge in [-0.3, -0.25) is 0 Å². The van der Waals surface area contributed by atoms with E-state index < -0.39 is 0 Å². The number of unbranched alkanes of at least 4 members (excludes halogenated alkanes) is 1. The van der Waals surface area contributed by atoms with E-state index in [4.69, 9.17) is 0 Å². The van der Waals surface area contributed by atoms with Gasteiger partial charge in [0.2, 0.25) is 0 Å². The Labute approximate surface area is 126 Å². The van der Waals surface area contributed by atoms with Gasteiger partial charge in [-0.15, -0.1) is 0 Å². The third-order valence-corrected chi connectivity index (χ3v) is 4.27. The molecule has 1 aliphatic rings. The van der Waals surface area contributed by atoms with Gasteiger partial charge in [-0.05, 0) is 37.1 Å². The maximum absolute atomic E-state index is 10.2. The smallest absolute Gasteiger partial charge is 0.0578 e. The lowest BCUT2D eigenvalue weighted by Crippen LogP contribution is -2.53. The van der Waals surface area contributed by atoms with E-state index in [9.17, 15) is 5.11 Å². The highest BCUT2D eigenvalue weighted by Gasteiger charge is 2.30. The van der Waals surface area contributed by atoms with Crippen molar-refractivity contribution < 1.29 is 5.11 Å². The second-order valence-corrected chi connectivity index (χ2v) is 7.72. The van der Waals surface area contributed by atoms with E-state index in [2.05, 4.69) is 44.8 Å². The summed E-state index contributed by atoms with van der Waals surface area (Å²) in [4.78, 5) is 2.55. The summed E-state index contributed by atoms with van der Waals surface area (Å²) >= 11 is 0. The molecule has 1 rings (SSSR count). The number of nitrogens with one attached hydrogen (secondary N) is 1. The third kappa shape index (κ3) is 6.55. The molecule has 0 aliphatic carbocycles. The van der Waals surface area contributed by atoms with Gasteiger partial charge in [-0.2, -0.15) is 0 Å². The Morgan fingerprint density at radius 1 is 1.25 bits per heavy atom. The van der Waals surface area contributed by atoms with Crippen LogP contribution in [-0.4, -0.2) is 48.3 Å². The van der Waals surface area contributed by atoms with Gasteiger partial charge >= 0.3 is 0 Å². The van der Waals surface area contributed by atoms with Crippen molar-refractivity contribution in [3.8, 4) is 0 Å². The van der Waals surface area contributed by atoms with Crippen molar-refractivity contribution in [1.29, 1.82) is 0 Å². The number of hydrogen-bond donors (Lipinski definition) is 2. The summed E-state index contributed by atoms with van der Waals surface area (Å²) in [5.74, 6) is 0.433. The minimum absolute atomic E-state index is 0.140. The molecule has 120 valence electrons. The molecule has 3 nitrogen and oxygen atoms in total. The van der Waals surface area contributed by atoms with E-state index in [1.807, 2.05) is 0 Å². The maximum atomic E-state index is 10.2. The largest absolute Gasteiger partial charge is 0.393 e. The molecule has 0 spiro atoms. The fourth-order valence-electron chi connectivity index (χ4n) is 3.01. The standard InChI is InChI=1S/C17H36N2O/c1-6-8-9-19-11-14(16(20)7-2)10-15(12-19)18-13-17(3,4)5/h14-16,18,20H,6-13H2,1-5H3. The zero-order valence-electron chi connectivity index (χ0n) is 14.3. The highest BCUT2D eigenvalue weighted by Crippen LogP contribution is 2.23. The summed E-state index contributed by atoms with van der Waals surface area (Å²) < 4.78 is 0. The Balaban J connectivity index is 2.54. The van der Waals surface area contributed by atoms with E-state index in [-0.39, 0.29) is 6.10 Å². The van der Waals surface area contributed by atoms with Crippen molar-refractivity contribution in [2.24, 2.45) is 11.3 Å². The molecule has 2 N–H and O–H groups in total. The highest BCUT2D eigenvalue weighted by atomic mass is 16.3. The molecule has 0 saturated carbocycles. The van der Waals surface area contributed by atoms with Crippen LogP contribution in [0.15, 0.2) is 0 Å². The van der Waals surface area contributed by atoms with Gasteiger partial charge in [0.25, 0.3) is 0 Å². The molecular weight excluding hydrogens is 248 g/mol. The monoisotopic (exact) mass is 284 g/mol. The van der Waals surface area contributed by atoms with Gasteiger partial charge in [0.15, 0.2) is 0 Å². The molecule has 0 aromatic carbocycles. The first-order valence-corrected chi connectivity index (χ1v) is 8.49. The highest BCUT2D eigenvalue weighted by molar-refractivity contribution is 4.87. The Bertz CT molecular complexity index is 262. The fraction of sp³-hybridized carbons (Fsp3) is 1.00. The maximum Gasteiger partial charge on any atom is 0.0578 e. The number of nitrogens with zero attached hydrogens (tertiary/aromatic N) is 1. The lowest BCUT2D eigenvalue weighted by Gasteiger charge is -2.40. The lowest BCUT2D eigenvalue weighted by atomic mass is 9.87. The van der Waals surface area contributed by atoms with E-state index in [0.29, 0.717) is 17.4 Å². The number of hydrogen-bond acceptors (Lipinski definition) is 3. The van der Waals surface area contributed by atoms with Crippen LogP contribution in [0.4, 0.5) is 0 Å². The number of rotatable bonds is 7. The van der Waals surface area contributed by atoms with Gasteiger partial charge in [0, 0.05) is 25.7 Å². The fourth-order valence-corrected chi connectivity index (χ4v) is 3.01. The van der Waals surface area contributed by atoms with Crippen molar-refractivity contribution >= 4 is 0 Å². The number of likely N-dealkylation sites (tertiary alicyclic amines) is 1. The molecule has 0 aromatic rings. The van der Waals surface area contributed by atoms with Crippen molar-refractivity contribution in [2.75, 3.05) is 26.2 Å². The Hall–Kier alpha value is -0.120.